The van der Waals surface area contributed by atoms with E-state index in [4.69, 9.17) is 0 Å². The number of aryl methyl sites for hydroxylation is 1. The van der Waals surface area contributed by atoms with Crippen LogP contribution in [-0.4, -0.2) is 32.8 Å². The number of piperidine rings is 1. The highest BCUT2D eigenvalue weighted by Gasteiger charge is 2.32. The molecule has 5 nitrogen and oxygen atoms in total. The summed E-state index contributed by atoms with van der Waals surface area (Å²) in [6, 6.07) is 1.97. The molecule has 5 heteroatoms. The Morgan fingerprint density at radius 3 is 2.94 bits per heavy atom. The van der Waals surface area contributed by atoms with E-state index in [1.807, 2.05) is 19.2 Å². The average molecular weight is 232 g/mol. The quantitative estimate of drug-likeness (QED) is 0.756. The molecule has 2 aromatic rings. The van der Waals surface area contributed by atoms with E-state index in [9.17, 15) is 5.11 Å². The third-order valence-electron chi connectivity index (χ3n) is 3.55. The highest BCUT2D eigenvalue weighted by molar-refractivity contribution is 5.44. The van der Waals surface area contributed by atoms with Crippen LogP contribution < -0.4 is 5.32 Å². The van der Waals surface area contributed by atoms with Gasteiger partial charge in [0.15, 0.2) is 5.65 Å². The van der Waals surface area contributed by atoms with Crippen LogP contribution in [0, 0.1) is 6.92 Å². The second kappa shape index (κ2) is 3.78. The molecule has 1 saturated heterocycles. The maximum Gasteiger partial charge on any atom is 0.155 e. The highest BCUT2D eigenvalue weighted by atomic mass is 16.3. The Bertz CT molecular complexity index is 542. The second-order valence-corrected chi connectivity index (χ2v) is 4.71. The minimum Gasteiger partial charge on any atom is -0.385 e. The van der Waals surface area contributed by atoms with Crippen molar-refractivity contribution in [3.8, 4) is 0 Å². The van der Waals surface area contributed by atoms with Crippen molar-refractivity contribution in [2.45, 2.75) is 25.4 Å². The molecule has 0 aliphatic carbocycles. The van der Waals surface area contributed by atoms with Crippen LogP contribution in [0.5, 0.6) is 0 Å². The SMILES string of the molecule is Cc1cc2ncnn2cc1C1(O)CCNCC1. The zero-order chi connectivity index (χ0) is 11.9. The molecule has 0 spiro atoms. The van der Waals surface area contributed by atoms with Crippen LogP contribution in [0.2, 0.25) is 0 Å². The van der Waals surface area contributed by atoms with Crippen molar-refractivity contribution >= 4 is 5.65 Å². The van der Waals surface area contributed by atoms with Gasteiger partial charge in [-0.25, -0.2) is 9.50 Å². The van der Waals surface area contributed by atoms with E-state index in [2.05, 4.69) is 15.4 Å². The number of nitrogens with one attached hydrogen (secondary N) is 1. The molecule has 0 aromatic carbocycles. The zero-order valence-electron chi connectivity index (χ0n) is 9.85. The first kappa shape index (κ1) is 10.7. The summed E-state index contributed by atoms with van der Waals surface area (Å²) in [5.74, 6) is 0. The largest absolute Gasteiger partial charge is 0.385 e. The van der Waals surface area contributed by atoms with Gasteiger partial charge in [0.05, 0.1) is 5.60 Å². The number of hydrogen-bond acceptors (Lipinski definition) is 4. The van der Waals surface area contributed by atoms with Crippen LogP contribution in [0.25, 0.3) is 5.65 Å². The number of hydrogen-bond donors (Lipinski definition) is 2. The Morgan fingerprint density at radius 2 is 2.18 bits per heavy atom. The molecule has 3 heterocycles. The molecule has 2 N–H and O–H groups in total. The normalized spacial score (nSPS) is 19.6. The lowest BCUT2D eigenvalue weighted by Crippen LogP contribution is -2.40. The lowest BCUT2D eigenvalue weighted by molar-refractivity contribution is 0.00495. The number of aromatic nitrogens is 3. The molecular weight excluding hydrogens is 216 g/mol. The summed E-state index contributed by atoms with van der Waals surface area (Å²) in [5.41, 5.74) is 2.14. The van der Waals surface area contributed by atoms with E-state index < -0.39 is 5.60 Å². The van der Waals surface area contributed by atoms with E-state index >= 15 is 0 Å². The minimum absolute atomic E-state index is 0.727. The second-order valence-electron chi connectivity index (χ2n) is 4.71. The van der Waals surface area contributed by atoms with E-state index in [1.165, 1.54) is 6.33 Å². The lowest BCUT2D eigenvalue weighted by Gasteiger charge is -2.34. The monoisotopic (exact) mass is 232 g/mol. The molecule has 1 fully saturated rings. The Labute approximate surface area is 99.5 Å². The molecule has 0 bridgehead atoms. The van der Waals surface area contributed by atoms with Crippen molar-refractivity contribution in [2.24, 2.45) is 0 Å². The van der Waals surface area contributed by atoms with E-state index in [1.54, 1.807) is 4.52 Å². The van der Waals surface area contributed by atoms with Crippen molar-refractivity contribution in [1.29, 1.82) is 0 Å². The fourth-order valence-corrected chi connectivity index (χ4v) is 2.55. The molecule has 3 rings (SSSR count). The molecule has 1 aliphatic rings. The number of pyridine rings is 1. The summed E-state index contributed by atoms with van der Waals surface area (Å²) < 4.78 is 1.72. The molecule has 0 saturated carbocycles. The lowest BCUT2D eigenvalue weighted by atomic mass is 9.84. The van der Waals surface area contributed by atoms with Gasteiger partial charge in [0.25, 0.3) is 0 Å². The third-order valence-corrected chi connectivity index (χ3v) is 3.55. The summed E-state index contributed by atoms with van der Waals surface area (Å²) in [4.78, 5) is 4.15. The van der Waals surface area contributed by atoms with Gasteiger partial charge in [-0.15, -0.1) is 0 Å². The van der Waals surface area contributed by atoms with Crippen molar-refractivity contribution in [1.82, 2.24) is 19.9 Å². The summed E-state index contributed by atoms with van der Waals surface area (Å²) in [6.07, 6.45) is 4.93. The third kappa shape index (κ3) is 1.71. The highest BCUT2D eigenvalue weighted by Crippen LogP contribution is 2.32. The van der Waals surface area contributed by atoms with Crippen molar-refractivity contribution in [2.75, 3.05) is 13.1 Å². The summed E-state index contributed by atoms with van der Waals surface area (Å²) >= 11 is 0. The number of rotatable bonds is 1. The van der Waals surface area contributed by atoms with Crippen LogP contribution in [0.4, 0.5) is 0 Å². The van der Waals surface area contributed by atoms with Gasteiger partial charge in [-0.1, -0.05) is 0 Å². The van der Waals surface area contributed by atoms with Gasteiger partial charge in [-0.05, 0) is 44.5 Å². The number of aliphatic hydroxyl groups is 1. The fraction of sp³-hybridized carbons (Fsp3) is 0.500. The van der Waals surface area contributed by atoms with Crippen LogP contribution in [-0.2, 0) is 5.60 Å². The smallest absolute Gasteiger partial charge is 0.155 e. The van der Waals surface area contributed by atoms with E-state index in [-0.39, 0.29) is 0 Å². The van der Waals surface area contributed by atoms with Crippen LogP contribution in [0.15, 0.2) is 18.6 Å². The molecule has 0 amide bonds. The molecule has 0 radical (unpaired) electrons. The standard InChI is InChI=1S/C12H16N4O/c1-9-6-11-14-8-15-16(11)7-10(9)12(17)2-4-13-5-3-12/h6-8,13,17H,2-5H2,1H3. The molecule has 17 heavy (non-hydrogen) atoms. The van der Waals surface area contributed by atoms with Gasteiger partial charge >= 0.3 is 0 Å². The van der Waals surface area contributed by atoms with Gasteiger partial charge in [-0.3, -0.25) is 0 Å². The van der Waals surface area contributed by atoms with E-state index in [0.717, 1.165) is 42.7 Å². The molecular formula is C12H16N4O. The number of fused-ring (bicyclic) bond motifs is 1. The maximum absolute atomic E-state index is 10.7. The van der Waals surface area contributed by atoms with Gasteiger partial charge in [-0.2, -0.15) is 5.10 Å². The topological polar surface area (TPSA) is 62.5 Å². The Balaban J connectivity index is 2.11. The summed E-state index contributed by atoms with van der Waals surface area (Å²) in [7, 11) is 0. The van der Waals surface area contributed by atoms with Crippen molar-refractivity contribution in [3.05, 3.63) is 29.7 Å². The summed E-state index contributed by atoms with van der Waals surface area (Å²) in [5, 5.41) is 18.1. The van der Waals surface area contributed by atoms with Gasteiger partial charge in [0.2, 0.25) is 0 Å². The van der Waals surface area contributed by atoms with Crippen LogP contribution in [0.1, 0.15) is 24.0 Å². The van der Waals surface area contributed by atoms with E-state index in [0.29, 0.717) is 0 Å². The minimum atomic E-state index is -0.727. The van der Waals surface area contributed by atoms with Gasteiger partial charge in [0, 0.05) is 11.8 Å². The van der Waals surface area contributed by atoms with Gasteiger partial charge < -0.3 is 10.4 Å². The Kier molecular flexibility index (Phi) is 2.38. The maximum atomic E-state index is 10.7. The predicted molar refractivity (Wildman–Crippen MR) is 63.7 cm³/mol. The summed E-state index contributed by atoms with van der Waals surface area (Å²) in [6.45, 7) is 3.72. The first-order valence-electron chi connectivity index (χ1n) is 5.93. The fourth-order valence-electron chi connectivity index (χ4n) is 2.55. The first-order chi connectivity index (χ1) is 8.19. The zero-order valence-corrected chi connectivity index (χ0v) is 9.85. The Morgan fingerprint density at radius 1 is 1.41 bits per heavy atom. The molecule has 90 valence electrons. The predicted octanol–water partition coefficient (Wildman–Crippen LogP) is 0.609. The van der Waals surface area contributed by atoms with Crippen LogP contribution in [0.3, 0.4) is 0 Å². The van der Waals surface area contributed by atoms with Crippen molar-refractivity contribution in [3.63, 3.8) is 0 Å². The molecule has 2 aromatic heterocycles. The number of nitrogens with zero attached hydrogens (tertiary/aromatic N) is 3. The molecule has 1 aliphatic heterocycles. The first-order valence-corrected chi connectivity index (χ1v) is 5.93. The Hall–Kier alpha value is -1.46. The molecule has 0 atom stereocenters. The average Bonchev–Trinajstić information content (AvgIpc) is 2.76. The van der Waals surface area contributed by atoms with Crippen molar-refractivity contribution < 1.29 is 5.11 Å². The van der Waals surface area contributed by atoms with Crippen LogP contribution >= 0.6 is 0 Å². The van der Waals surface area contributed by atoms with Gasteiger partial charge in [0.1, 0.15) is 6.33 Å². The molecule has 0 unspecified atom stereocenters.